The Bertz CT molecular complexity index is 189. The van der Waals surface area contributed by atoms with Crippen LogP contribution in [0.15, 0.2) is 0 Å². The highest BCUT2D eigenvalue weighted by atomic mass is 16.2. The lowest BCUT2D eigenvalue weighted by Crippen LogP contribution is -2.46. The molecule has 0 spiro atoms. The van der Waals surface area contributed by atoms with Crippen LogP contribution in [0.25, 0.3) is 0 Å². The normalized spacial score (nSPS) is 12.6. The van der Waals surface area contributed by atoms with Gasteiger partial charge in [-0.15, -0.1) is 0 Å². The van der Waals surface area contributed by atoms with Crippen molar-refractivity contribution < 1.29 is 4.79 Å². The maximum atomic E-state index is 11.7. The van der Waals surface area contributed by atoms with Gasteiger partial charge in [-0.1, -0.05) is 26.7 Å². The van der Waals surface area contributed by atoms with Gasteiger partial charge in [-0.2, -0.15) is 0 Å². The maximum absolute atomic E-state index is 11.7. The lowest BCUT2D eigenvalue weighted by Gasteiger charge is -2.24. The average Bonchev–Trinajstić information content (AvgIpc) is 2.29. The monoisotopic (exact) mass is 229 g/mol. The molecule has 0 aromatic carbocycles. The molecule has 3 N–H and O–H groups in total. The smallest absolute Gasteiger partial charge is 0.317 e. The number of nitrogens with two attached hydrogens (primary N) is 1. The molecule has 0 fully saturated rings. The first-order valence-electron chi connectivity index (χ1n) is 6.38. The van der Waals surface area contributed by atoms with Crippen molar-refractivity contribution in [1.82, 2.24) is 10.2 Å². The standard InChI is InChI=1S/C12H27N3O/c1-5-10(6-2)11(13)9-14-12(16)15(7-3)8-4/h10-11H,5-9,13H2,1-4H3,(H,14,16). The predicted octanol–water partition coefficient (Wildman–Crippen LogP) is 1.80. The molecule has 0 rings (SSSR count). The first kappa shape index (κ1) is 15.2. The number of amides is 2. The molecule has 16 heavy (non-hydrogen) atoms. The zero-order valence-electron chi connectivity index (χ0n) is 11.1. The zero-order chi connectivity index (χ0) is 12.6. The fourth-order valence-electron chi connectivity index (χ4n) is 1.89. The predicted molar refractivity (Wildman–Crippen MR) is 68.4 cm³/mol. The summed E-state index contributed by atoms with van der Waals surface area (Å²) >= 11 is 0. The largest absolute Gasteiger partial charge is 0.336 e. The van der Waals surface area contributed by atoms with Gasteiger partial charge in [0.2, 0.25) is 0 Å². The molecule has 1 unspecified atom stereocenters. The van der Waals surface area contributed by atoms with Gasteiger partial charge in [-0.3, -0.25) is 0 Å². The molecule has 0 aliphatic rings. The van der Waals surface area contributed by atoms with Gasteiger partial charge in [0.1, 0.15) is 0 Å². The molecular weight excluding hydrogens is 202 g/mol. The molecule has 0 radical (unpaired) electrons. The second-order valence-electron chi connectivity index (χ2n) is 4.10. The molecule has 0 aromatic heterocycles. The van der Waals surface area contributed by atoms with Gasteiger partial charge < -0.3 is 16.0 Å². The summed E-state index contributed by atoms with van der Waals surface area (Å²) in [6.07, 6.45) is 2.14. The third kappa shape index (κ3) is 4.84. The van der Waals surface area contributed by atoms with E-state index in [0.29, 0.717) is 12.5 Å². The molecule has 96 valence electrons. The van der Waals surface area contributed by atoms with Crippen LogP contribution in [0.1, 0.15) is 40.5 Å². The van der Waals surface area contributed by atoms with Crippen LogP contribution in [-0.2, 0) is 0 Å². The molecule has 0 aliphatic carbocycles. The fraction of sp³-hybridized carbons (Fsp3) is 0.917. The molecule has 4 heteroatoms. The number of hydrogen-bond acceptors (Lipinski definition) is 2. The van der Waals surface area contributed by atoms with Gasteiger partial charge in [-0.25, -0.2) is 4.79 Å². The molecule has 0 aromatic rings. The fourth-order valence-corrected chi connectivity index (χ4v) is 1.89. The van der Waals surface area contributed by atoms with E-state index in [2.05, 4.69) is 19.2 Å². The van der Waals surface area contributed by atoms with E-state index in [-0.39, 0.29) is 12.1 Å². The van der Waals surface area contributed by atoms with Crippen molar-refractivity contribution in [3.63, 3.8) is 0 Å². The van der Waals surface area contributed by atoms with Crippen molar-refractivity contribution in [2.24, 2.45) is 11.7 Å². The van der Waals surface area contributed by atoms with Gasteiger partial charge in [-0.05, 0) is 19.8 Å². The highest BCUT2D eigenvalue weighted by Crippen LogP contribution is 2.10. The number of hydrogen-bond donors (Lipinski definition) is 2. The minimum Gasteiger partial charge on any atom is -0.336 e. The number of nitrogens with one attached hydrogen (secondary N) is 1. The van der Waals surface area contributed by atoms with Crippen LogP contribution in [0.2, 0.25) is 0 Å². The van der Waals surface area contributed by atoms with E-state index in [1.54, 1.807) is 4.90 Å². The van der Waals surface area contributed by atoms with Crippen LogP contribution in [0.5, 0.6) is 0 Å². The summed E-state index contributed by atoms with van der Waals surface area (Å²) < 4.78 is 0. The Morgan fingerprint density at radius 3 is 2.06 bits per heavy atom. The first-order valence-corrected chi connectivity index (χ1v) is 6.38. The Morgan fingerprint density at radius 1 is 1.19 bits per heavy atom. The van der Waals surface area contributed by atoms with Crippen LogP contribution < -0.4 is 11.1 Å². The van der Waals surface area contributed by atoms with Gasteiger partial charge >= 0.3 is 6.03 Å². The summed E-state index contributed by atoms with van der Waals surface area (Å²) in [4.78, 5) is 13.4. The zero-order valence-corrected chi connectivity index (χ0v) is 11.1. The Morgan fingerprint density at radius 2 is 1.69 bits per heavy atom. The van der Waals surface area contributed by atoms with E-state index in [0.717, 1.165) is 25.9 Å². The van der Waals surface area contributed by atoms with Crippen molar-refractivity contribution >= 4 is 6.03 Å². The Hall–Kier alpha value is -0.770. The second-order valence-corrected chi connectivity index (χ2v) is 4.10. The summed E-state index contributed by atoms with van der Waals surface area (Å²) in [5.74, 6) is 0.497. The molecular formula is C12H27N3O. The van der Waals surface area contributed by atoms with Gasteiger partial charge in [0, 0.05) is 25.7 Å². The SMILES string of the molecule is CCC(CC)C(N)CNC(=O)N(CC)CC. The van der Waals surface area contributed by atoms with Crippen molar-refractivity contribution in [3.05, 3.63) is 0 Å². The van der Waals surface area contributed by atoms with Crippen LogP contribution in [-0.4, -0.2) is 36.6 Å². The third-order valence-electron chi connectivity index (χ3n) is 3.19. The van der Waals surface area contributed by atoms with Crippen molar-refractivity contribution in [2.75, 3.05) is 19.6 Å². The molecule has 0 aliphatic heterocycles. The van der Waals surface area contributed by atoms with E-state index >= 15 is 0 Å². The number of urea groups is 1. The Balaban J connectivity index is 3.99. The number of carbonyl (C=O) groups excluding carboxylic acids is 1. The number of carbonyl (C=O) groups is 1. The van der Waals surface area contributed by atoms with E-state index in [9.17, 15) is 4.79 Å². The third-order valence-corrected chi connectivity index (χ3v) is 3.19. The molecule has 0 saturated carbocycles. The molecule has 0 heterocycles. The van der Waals surface area contributed by atoms with E-state index in [1.165, 1.54) is 0 Å². The van der Waals surface area contributed by atoms with Gasteiger partial charge in [0.25, 0.3) is 0 Å². The van der Waals surface area contributed by atoms with Crippen LogP contribution >= 0.6 is 0 Å². The summed E-state index contributed by atoms with van der Waals surface area (Å²) in [5, 5.41) is 2.90. The average molecular weight is 229 g/mol. The number of rotatable bonds is 7. The van der Waals surface area contributed by atoms with E-state index < -0.39 is 0 Å². The molecule has 0 bridgehead atoms. The minimum absolute atomic E-state index is 0.00796. The first-order chi connectivity index (χ1) is 7.60. The van der Waals surface area contributed by atoms with Crippen molar-refractivity contribution in [2.45, 2.75) is 46.6 Å². The lowest BCUT2D eigenvalue weighted by molar-refractivity contribution is 0.201. The maximum Gasteiger partial charge on any atom is 0.317 e. The highest BCUT2D eigenvalue weighted by molar-refractivity contribution is 5.74. The minimum atomic E-state index is -0.00796. The van der Waals surface area contributed by atoms with Gasteiger partial charge in [0.05, 0.1) is 0 Å². The molecule has 1 atom stereocenters. The van der Waals surface area contributed by atoms with Crippen LogP contribution in [0.3, 0.4) is 0 Å². The van der Waals surface area contributed by atoms with Crippen LogP contribution in [0.4, 0.5) is 4.79 Å². The van der Waals surface area contributed by atoms with Crippen molar-refractivity contribution in [1.29, 1.82) is 0 Å². The number of nitrogens with zero attached hydrogens (tertiary/aromatic N) is 1. The Kier molecular flexibility index (Phi) is 7.99. The molecule has 4 nitrogen and oxygen atoms in total. The molecule has 2 amide bonds. The van der Waals surface area contributed by atoms with Gasteiger partial charge in [0.15, 0.2) is 0 Å². The highest BCUT2D eigenvalue weighted by Gasteiger charge is 2.16. The summed E-state index contributed by atoms with van der Waals surface area (Å²) in [6, 6.07) is 0.0564. The summed E-state index contributed by atoms with van der Waals surface area (Å²) in [5.41, 5.74) is 6.04. The van der Waals surface area contributed by atoms with Crippen LogP contribution in [0, 0.1) is 5.92 Å². The van der Waals surface area contributed by atoms with E-state index in [4.69, 9.17) is 5.73 Å². The Labute approximate surface area is 99.6 Å². The summed E-state index contributed by atoms with van der Waals surface area (Å²) in [6.45, 7) is 10.3. The quantitative estimate of drug-likeness (QED) is 0.699. The van der Waals surface area contributed by atoms with E-state index in [1.807, 2.05) is 13.8 Å². The topological polar surface area (TPSA) is 58.4 Å². The van der Waals surface area contributed by atoms with Crippen molar-refractivity contribution in [3.8, 4) is 0 Å². The lowest BCUT2D eigenvalue weighted by atomic mass is 9.95. The second kappa shape index (κ2) is 8.39. The molecule has 0 saturated heterocycles. The summed E-state index contributed by atoms with van der Waals surface area (Å²) in [7, 11) is 0.